The van der Waals surface area contributed by atoms with Crippen LogP contribution < -0.4 is 10.3 Å². The highest BCUT2D eigenvalue weighted by Crippen LogP contribution is 2.24. The summed E-state index contributed by atoms with van der Waals surface area (Å²) in [5, 5.41) is 21.1. The number of rotatable bonds is 6. The molecule has 1 aromatic heterocycles. The molecule has 1 aliphatic rings. The number of hydrogen-bond acceptors (Lipinski definition) is 5. The Morgan fingerprint density at radius 3 is 2.92 bits per heavy atom. The topological polar surface area (TPSA) is 93.6 Å². The van der Waals surface area contributed by atoms with Gasteiger partial charge in [-0.05, 0) is 45.2 Å². The third-order valence-corrected chi connectivity index (χ3v) is 4.53. The van der Waals surface area contributed by atoms with Crippen molar-refractivity contribution in [2.75, 3.05) is 18.0 Å². The van der Waals surface area contributed by atoms with E-state index in [1.807, 2.05) is 6.07 Å². The van der Waals surface area contributed by atoms with E-state index in [9.17, 15) is 9.90 Å². The summed E-state index contributed by atoms with van der Waals surface area (Å²) in [6.07, 6.45) is 4.28. The molecule has 2 aromatic rings. The van der Waals surface area contributed by atoms with E-state index in [0.29, 0.717) is 11.3 Å². The highest BCUT2D eigenvalue weighted by Gasteiger charge is 2.22. The molecule has 1 amide bonds. The van der Waals surface area contributed by atoms with Crippen molar-refractivity contribution in [3.05, 3.63) is 40.7 Å². The lowest BCUT2D eigenvalue weighted by Crippen LogP contribution is -2.21. The van der Waals surface area contributed by atoms with Crippen LogP contribution in [-0.2, 0) is 12.8 Å². The molecule has 3 N–H and O–H groups in total. The van der Waals surface area contributed by atoms with Crippen LogP contribution in [-0.4, -0.2) is 40.5 Å². The van der Waals surface area contributed by atoms with Crippen LogP contribution in [0.25, 0.3) is 0 Å². The fourth-order valence-corrected chi connectivity index (χ4v) is 3.15. The van der Waals surface area contributed by atoms with Crippen LogP contribution in [0.15, 0.2) is 23.3 Å². The maximum Gasteiger partial charge on any atom is 0.292 e. The fraction of sp³-hybridized carbons (Fsp3) is 0.389. The fourth-order valence-electron chi connectivity index (χ4n) is 3.15. The van der Waals surface area contributed by atoms with Crippen LogP contribution in [0.1, 0.15) is 47.6 Å². The van der Waals surface area contributed by atoms with Crippen molar-refractivity contribution in [2.45, 2.75) is 33.1 Å². The Morgan fingerprint density at radius 2 is 2.20 bits per heavy atom. The summed E-state index contributed by atoms with van der Waals surface area (Å²) in [5.74, 6) is -0.210. The van der Waals surface area contributed by atoms with E-state index >= 15 is 0 Å². The minimum atomic E-state index is -0.338. The number of H-pyrrole nitrogens is 1. The van der Waals surface area contributed by atoms with E-state index in [2.05, 4.69) is 39.5 Å². The summed E-state index contributed by atoms with van der Waals surface area (Å²) < 4.78 is 0. The number of hydrazone groups is 1. The number of aryl methyl sites for hydroxylation is 1. The Hall–Kier alpha value is -2.83. The van der Waals surface area contributed by atoms with E-state index in [4.69, 9.17) is 0 Å². The number of nitrogens with one attached hydrogen (secondary N) is 2. The van der Waals surface area contributed by atoms with Crippen molar-refractivity contribution < 1.29 is 9.90 Å². The second-order valence-corrected chi connectivity index (χ2v) is 6.00. The monoisotopic (exact) mass is 341 g/mol. The number of hydrogen-bond donors (Lipinski definition) is 3. The molecule has 0 saturated carbocycles. The summed E-state index contributed by atoms with van der Waals surface area (Å²) >= 11 is 0. The zero-order valence-corrected chi connectivity index (χ0v) is 14.5. The first-order valence-electron chi connectivity index (χ1n) is 8.61. The smallest absolute Gasteiger partial charge is 0.292 e. The predicted octanol–water partition coefficient (Wildman–Crippen LogP) is 2.21. The van der Waals surface area contributed by atoms with Crippen molar-refractivity contribution >= 4 is 17.8 Å². The molecule has 0 unspecified atom stereocenters. The number of fused-ring (bicyclic) bond motifs is 1. The molecule has 132 valence electrons. The van der Waals surface area contributed by atoms with Gasteiger partial charge >= 0.3 is 0 Å². The predicted molar refractivity (Wildman–Crippen MR) is 97.3 cm³/mol. The molecule has 0 spiro atoms. The molecule has 1 aromatic carbocycles. The lowest BCUT2D eigenvalue weighted by Gasteiger charge is -2.21. The molecule has 0 radical (unpaired) electrons. The number of phenols is 1. The highest BCUT2D eigenvalue weighted by molar-refractivity contribution is 5.95. The molecule has 1 aliphatic carbocycles. The van der Waals surface area contributed by atoms with E-state index in [1.54, 1.807) is 12.1 Å². The van der Waals surface area contributed by atoms with Gasteiger partial charge in [-0.3, -0.25) is 9.89 Å². The van der Waals surface area contributed by atoms with Gasteiger partial charge in [-0.15, -0.1) is 0 Å². The summed E-state index contributed by atoms with van der Waals surface area (Å²) in [7, 11) is 0. The Labute approximate surface area is 146 Å². The quantitative estimate of drug-likeness (QED) is 0.555. The molecule has 7 nitrogen and oxygen atoms in total. The first kappa shape index (κ1) is 17.0. The van der Waals surface area contributed by atoms with E-state index < -0.39 is 0 Å². The first-order valence-corrected chi connectivity index (χ1v) is 8.61. The van der Waals surface area contributed by atoms with Gasteiger partial charge in [0.25, 0.3) is 5.91 Å². The lowest BCUT2D eigenvalue weighted by atomic mass is 10.2. The summed E-state index contributed by atoms with van der Waals surface area (Å²) in [6, 6.07) is 5.41. The molecule has 7 heteroatoms. The van der Waals surface area contributed by atoms with E-state index in [1.165, 1.54) is 6.21 Å². The molecular formula is C18H23N5O2. The van der Waals surface area contributed by atoms with Crippen molar-refractivity contribution in [1.82, 2.24) is 15.6 Å². The number of carbonyl (C=O) groups excluding carboxylic acids is 1. The normalized spacial score (nSPS) is 13.2. The van der Waals surface area contributed by atoms with Gasteiger partial charge in [-0.1, -0.05) is 0 Å². The van der Waals surface area contributed by atoms with Crippen LogP contribution in [0.4, 0.5) is 5.69 Å². The molecule has 0 aliphatic heterocycles. The largest absolute Gasteiger partial charge is 0.507 e. The van der Waals surface area contributed by atoms with E-state index in [0.717, 1.165) is 49.3 Å². The third-order valence-electron chi connectivity index (χ3n) is 4.53. The standard InChI is InChI=1S/C18H23N5O2/c1-3-23(4-2)13-9-8-12(16(24)10-13)11-19-22-18(25)17-14-6-5-7-15(14)20-21-17/h8-11,24H,3-7H2,1-2H3,(H,20,21)(H,22,25)/b19-11+. The molecule has 0 atom stereocenters. The first-order chi connectivity index (χ1) is 12.1. The molecule has 3 rings (SSSR count). The Kier molecular flexibility index (Phi) is 5.02. The minimum absolute atomic E-state index is 0.128. The average Bonchev–Trinajstić information content (AvgIpc) is 3.21. The van der Waals surface area contributed by atoms with Gasteiger partial charge in [0.1, 0.15) is 5.75 Å². The number of nitrogens with zero attached hydrogens (tertiary/aromatic N) is 3. The maximum atomic E-state index is 12.2. The SMILES string of the molecule is CCN(CC)c1ccc(/C=N/NC(=O)c2n[nH]c3c2CCC3)c(O)c1. The summed E-state index contributed by atoms with van der Waals surface area (Å²) in [5.41, 5.74) is 6.41. The molecule has 25 heavy (non-hydrogen) atoms. The number of phenolic OH excluding ortho intramolecular Hbond substituents is 1. The molecule has 1 heterocycles. The van der Waals surface area contributed by atoms with Gasteiger partial charge in [0.15, 0.2) is 5.69 Å². The van der Waals surface area contributed by atoms with Crippen LogP contribution in [0.2, 0.25) is 0 Å². The van der Waals surface area contributed by atoms with E-state index in [-0.39, 0.29) is 11.7 Å². The lowest BCUT2D eigenvalue weighted by molar-refractivity contribution is 0.0949. The van der Waals surface area contributed by atoms with Crippen molar-refractivity contribution in [3.63, 3.8) is 0 Å². The number of carbonyl (C=O) groups is 1. The van der Waals surface area contributed by atoms with Gasteiger partial charge in [0.05, 0.1) is 6.21 Å². The number of aromatic hydroxyl groups is 1. The Morgan fingerprint density at radius 1 is 1.40 bits per heavy atom. The summed E-state index contributed by atoms with van der Waals surface area (Å²) in [4.78, 5) is 14.3. The minimum Gasteiger partial charge on any atom is -0.507 e. The van der Waals surface area contributed by atoms with Gasteiger partial charge in [-0.25, -0.2) is 5.43 Å². The van der Waals surface area contributed by atoms with Crippen LogP contribution in [0.5, 0.6) is 5.75 Å². The van der Waals surface area contributed by atoms with Gasteiger partial charge < -0.3 is 10.0 Å². The van der Waals surface area contributed by atoms with Gasteiger partial charge in [0.2, 0.25) is 0 Å². The molecular weight excluding hydrogens is 318 g/mol. The number of aromatic nitrogens is 2. The second kappa shape index (κ2) is 7.38. The average molecular weight is 341 g/mol. The number of aromatic amines is 1. The number of benzene rings is 1. The van der Waals surface area contributed by atoms with Gasteiger partial charge in [0, 0.05) is 41.7 Å². The van der Waals surface area contributed by atoms with Crippen molar-refractivity contribution in [2.24, 2.45) is 5.10 Å². The van der Waals surface area contributed by atoms with Gasteiger partial charge in [-0.2, -0.15) is 10.2 Å². The van der Waals surface area contributed by atoms with Crippen LogP contribution >= 0.6 is 0 Å². The maximum absolute atomic E-state index is 12.2. The molecule has 0 saturated heterocycles. The Bertz CT molecular complexity index is 793. The van der Waals surface area contributed by atoms with Crippen LogP contribution in [0.3, 0.4) is 0 Å². The number of anilines is 1. The third kappa shape index (κ3) is 3.50. The second-order valence-electron chi connectivity index (χ2n) is 6.00. The highest BCUT2D eigenvalue weighted by atomic mass is 16.3. The molecule has 0 bridgehead atoms. The Balaban J connectivity index is 1.67. The zero-order valence-electron chi connectivity index (χ0n) is 14.5. The zero-order chi connectivity index (χ0) is 17.8. The van der Waals surface area contributed by atoms with Crippen molar-refractivity contribution in [3.8, 4) is 5.75 Å². The molecule has 0 fully saturated rings. The van der Waals surface area contributed by atoms with Crippen molar-refractivity contribution in [1.29, 1.82) is 0 Å². The summed E-state index contributed by atoms with van der Waals surface area (Å²) in [6.45, 7) is 5.87. The number of amides is 1. The van der Waals surface area contributed by atoms with Crippen LogP contribution in [0, 0.1) is 0 Å².